The van der Waals surface area contributed by atoms with E-state index < -0.39 is 60.2 Å². The fraction of sp³-hybridized carbons (Fsp3) is 0.480. The molecule has 0 spiro atoms. The highest BCUT2D eigenvalue weighted by Gasteiger charge is 2.31. The molecular formula is C25H40N10O7. The van der Waals surface area contributed by atoms with Crippen LogP contribution >= 0.6 is 0 Å². The van der Waals surface area contributed by atoms with Crippen molar-refractivity contribution in [3.8, 4) is 0 Å². The minimum Gasteiger partial charge on any atom is -0.481 e. The number of guanidine groups is 2. The number of amides is 3. The first-order valence-electron chi connectivity index (χ1n) is 13.1. The van der Waals surface area contributed by atoms with Crippen LogP contribution in [0.15, 0.2) is 40.3 Å². The number of carboxylic acids is 2. The van der Waals surface area contributed by atoms with Crippen molar-refractivity contribution in [2.75, 3.05) is 13.1 Å². The monoisotopic (exact) mass is 592 g/mol. The zero-order chi connectivity index (χ0) is 31.7. The molecule has 15 N–H and O–H groups in total. The average Bonchev–Trinajstić information content (AvgIpc) is 2.91. The minimum absolute atomic E-state index is 0.0108. The zero-order valence-corrected chi connectivity index (χ0v) is 23.1. The quantitative estimate of drug-likeness (QED) is 0.0428. The molecular weight excluding hydrogens is 552 g/mol. The summed E-state index contributed by atoms with van der Waals surface area (Å²) in [5.74, 6) is -5.67. The van der Waals surface area contributed by atoms with E-state index in [4.69, 9.17) is 28.7 Å². The van der Waals surface area contributed by atoms with Crippen molar-refractivity contribution >= 4 is 41.6 Å². The third-order valence-corrected chi connectivity index (χ3v) is 5.79. The van der Waals surface area contributed by atoms with Gasteiger partial charge in [-0.25, -0.2) is 4.79 Å². The van der Waals surface area contributed by atoms with Crippen molar-refractivity contribution in [3.63, 3.8) is 0 Å². The SMILES string of the molecule is NC(N)=NCCCC(N)C(=O)NC(Cc1ccccc1)C(=O)NC(CC(=O)O)C(=O)NC(CCCN=C(N)N)C(=O)O. The van der Waals surface area contributed by atoms with Crippen molar-refractivity contribution in [3.05, 3.63) is 35.9 Å². The molecule has 232 valence electrons. The van der Waals surface area contributed by atoms with Gasteiger partial charge < -0.3 is 54.8 Å². The molecule has 0 heterocycles. The molecule has 1 aromatic carbocycles. The van der Waals surface area contributed by atoms with Gasteiger partial charge in [-0.05, 0) is 31.2 Å². The Morgan fingerprint density at radius 1 is 0.714 bits per heavy atom. The molecule has 0 saturated heterocycles. The van der Waals surface area contributed by atoms with E-state index in [9.17, 15) is 34.2 Å². The van der Waals surface area contributed by atoms with Crippen LogP contribution in [0.3, 0.4) is 0 Å². The Balaban J connectivity index is 3.04. The molecule has 0 radical (unpaired) electrons. The maximum atomic E-state index is 13.3. The number of nitrogens with one attached hydrogen (secondary N) is 3. The minimum atomic E-state index is -1.65. The number of nitrogens with two attached hydrogens (primary N) is 5. The summed E-state index contributed by atoms with van der Waals surface area (Å²) >= 11 is 0. The van der Waals surface area contributed by atoms with Gasteiger partial charge >= 0.3 is 11.9 Å². The maximum Gasteiger partial charge on any atom is 0.326 e. The molecule has 3 amide bonds. The van der Waals surface area contributed by atoms with Crippen molar-refractivity contribution in [1.82, 2.24) is 16.0 Å². The topological polar surface area (TPSA) is 317 Å². The molecule has 17 heteroatoms. The lowest BCUT2D eigenvalue weighted by molar-refractivity contribution is -0.143. The van der Waals surface area contributed by atoms with Crippen LogP contribution < -0.4 is 44.6 Å². The summed E-state index contributed by atoms with van der Waals surface area (Å²) in [6, 6.07) is 3.30. The van der Waals surface area contributed by atoms with Crippen molar-refractivity contribution in [2.45, 2.75) is 62.7 Å². The Kier molecular flexibility index (Phi) is 15.4. The van der Waals surface area contributed by atoms with Gasteiger partial charge in [0.25, 0.3) is 0 Å². The molecule has 1 rings (SSSR count). The van der Waals surface area contributed by atoms with Crippen LogP contribution in [0.4, 0.5) is 0 Å². The van der Waals surface area contributed by atoms with Crippen LogP contribution in [0.2, 0.25) is 0 Å². The fourth-order valence-corrected chi connectivity index (χ4v) is 3.68. The molecule has 4 atom stereocenters. The van der Waals surface area contributed by atoms with Crippen LogP contribution in [-0.4, -0.2) is 89.0 Å². The van der Waals surface area contributed by atoms with Gasteiger partial charge in [0.2, 0.25) is 17.7 Å². The van der Waals surface area contributed by atoms with E-state index in [1.165, 1.54) is 0 Å². The number of hydrogen-bond donors (Lipinski definition) is 10. The molecule has 0 aliphatic carbocycles. The van der Waals surface area contributed by atoms with Crippen molar-refractivity contribution in [1.29, 1.82) is 0 Å². The van der Waals surface area contributed by atoms with E-state index in [2.05, 4.69) is 25.9 Å². The molecule has 1 aromatic rings. The van der Waals surface area contributed by atoms with Crippen LogP contribution in [-0.2, 0) is 30.4 Å². The highest BCUT2D eigenvalue weighted by molar-refractivity contribution is 5.95. The molecule has 0 aliphatic rings. The van der Waals surface area contributed by atoms with Gasteiger partial charge in [0.1, 0.15) is 18.1 Å². The first-order valence-corrected chi connectivity index (χ1v) is 13.1. The smallest absolute Gasteiger partial charge is 0.326 e. The van der Waals surface area contributed by atoms with E-state index >= 15 is 0 Å². The fourth-order valence-electron chi connectivity index (χ4n) is 3.68. The summed E-state index contributed by atoms with van der Waals surface area (Å²) in [6.07, 6.45) is -0.148. The van der Waals surface area contributed by atoms with Gasteiger partial charge in [0, 0.05) is 19.5 Å². The Morgan fingerprint density at radius 2 is 1.21 bits per heavy atom. The first kappa shape index (κ1) is 35.1. The second-order valence-electron chi connectivity index (χ2n) is 9.31. The summed E-state index contributed by atoms with van der Waals surface area (Å²) in [5.41, 5.74) is 27.7. The van der Waals surface area contributed by atoms with E-state index in [1.54, 1.807) is 30.3 Å². The first-order chi connectivity index (χ1) is 19.8. The summed E-state index contributed by atoms with van der Waals surface area (Å²) in [4.78, 5) is 69.7. The number of nitrogens with zero attached hydrogens (tertiary/aromatic N) is 2. The summed E-state index contributed by atoms with van der Waals surface area (Å²) in [5, 5.41) is 26.0. The van der Waals surface area contributed by atoms with Crippen LogP contribution in [0.5, 0.6) is 0 Å². The van der Waals surface area contributed by atoms with E-state index in [-0.39, 0.29) is 50.7 Å². The lowest BCUT2D eigenvalue weighted by Gasteiger charge is -2.24. The Morgan fingerprint density at radius 3 is 1.74 bits per heavy atom. The molecule has 0 fully saturated rings. The third kappa shape index (κ3) is 14.5. The molecule has 0 aromatic heterocycles. The van der Waals surface area contributed by atoms with Gasteiger partial charge in [0.05, 0.1) is 12.5 Å². The molecule has 0 saturated carbocycles. The van der Waals surface area contributed by atoms with E-state index in [0.29, 0.717) is 12.0 Å². The Bertz CT molecular complexity index is 1120. The van der Waals surface area contributed by atoms with E-state index in [0.717, 1.165) is 0 Å². The van der Waals surface area contributed by atoms with Gasteiger partial charge in [-0.3, -0.25) is 29.2 Å². The third-order valence-electron chi connectivity index (χ3n) is 5.79. The molecule has 17 nitrogen and oxygen atoms in total. The predicted molar refractivity (Wildman–Crippen MR) is 154 cm³/mol. The second kappa shape index (κ2) is 18.4. The van der Waals surface area contributed by atoms with Crippen molar-refractivity contribution in [2.24, 2.45) is 38.7 Å². The van der Waals surface area contributed by atoms with Gasteiger partial charge in [-0.15, -0.1) is 0 Å². The van der Waals surface area contributed by atoms with Crippen LogP contribution in [0.25, 0.3) is 0 Å². The largest absolute Gasteiger partial charge is 0.481 e. The van der Waals surface area contributed by atoms with Gasteiger partial charge in [0.15, 0.2) is 11.9 Å². The summed E-state index contributed by atoms with van der Waals surface area (Å²) < 4.78 is 0. The molecule has 0 aliphatic heterocycles. The maximum absolute atomic E-state index is 13.3. The van der Waals surface area contributed by atoms with Gasteiger partial charge in [-0.1, -0.05) is 30.3 Å². The van der Waals surface area contributed by atoms with Crippen LogP contribution in [0.1, 0.15) is 37.7 Å². The van der Waals surface area contributed by atoms with Crippen LogP contribution in [0, 0.1) is 0 Å². The number of rotatable bonds is 19. The number of carbonyl (C=O) groups is 5. The Labute approximate surface area is 242 Å². The molecule has 0 bridgehead atoms. The highest BCUT2D eigenvalue weighted by atomic mass is 16.4. The molecule has 4 unspecified atom stereocenters. The summed E-state index contributed by atoms with van der Waals surface area (Å²) in [6.45, 7) is 0.351. The number of aliphatic imine (C=N–C) groups is 2. The normalized spacial score (nSPS) is 13.4. The predicted octanol–water partition coefficient (Wildman–Crippen LogP) is -3.32. The lowest BCUT2D eigenvalue weighted by Crippen LogP contribution is -2.58. The number of aliphatic carboxylic acids is 2. The Hall–Kier alpha value is -4.93. The average molecular weight is 593 g/mol. The zero-order valence-electron chi connectivity index (χ0n) is 23.1. The highest BCUT2D eigenvalue weighted by Crippen LogP contribution is 2.07. The second-order valence-corrected chi connectivity index (χ2v) is 9.31. The van der Waals surface area contributed by atoms with Crippen molar-refractivity contribution < 1.29 is 34.2 Å². The lowest BCUT2D eigenvalue weighted by atomic mass is 10.0. The van der Waals surface area contributed by atoms with E-state index in [1.807, 2.05) is 0 Å². The number of carboxylic acid groups (broad SMARTS) is 2. The standard InChI is InChI=1S/C25H40N10O7/c26-15(8-4-10-31-24(27)28)20(38)34-17(12-14-6-2-1-3-7-14)21(39)35-18(13-19(36)37)22(40)33-16(23(41)42)9-5-11-32-25(29)30/h1-3,6-7,15-18H,4-5,8-13,26H2,(H,33,40)(H,34,38)(H,35,39)(H,36,37)(H,41,42)(H4,27,28,31)(H4,29,30,32). The number of hydrogen-bond acceptors (Lipinski definition) is 8. The molecule has 42 heavy (non-hydrogen) atoms. The number of carbonyl (C=O) groups excluding carboxylic acids is 3. The number of benzene rings is 1. The van der Waals surface area contributed by atoms with Gasteiger partial charge in [-0.2, -0.15) is 0 Å². The summed E-state index contributed by atoms with van der Waals surface area (Å²) in [7, 11) is 0.